The fraction of sp³-hybridized carbons (Fsp3) is 0.0588. The largest absolute Gasteiger partial charge is 0.285 e. The molecule has 0 atom stereocenters. The van der Waals surface area contributed by atoms with Crippen LogP contribution in [-0.4, -0.2) is 22.3 Å². The molecule has 23 heavy (non-hydrogen) atoms. The van der Waals surface area contributed by atoms with Crippen molar-refractivity contribution >= 4 is 57.6 Å². The van der Waals surface area contributed by atoms with Gasteiger partial charge in [0.25, 0.3) is 5.91 Å². The van der Waals surface area contributed by atoms with Crippen LogP contribution in [0, 0.1) is 0 Å². The number of hydrogen-bond acceptors (Lipinski definition) is 4. The molecule has 0 saturated carbocycles. The lowest BCUT2D eigenvalue weighted by atomic mass is 10.2. The van der Waals surface area contributed by atoms with Crippen LogP contribution in [0.3, 0.4) is 0 Å². The lowest BCUT2D eigenvalue weighted by Gasteiger charge is -2.28. The van der Waals surface area contributed by atoms with Crippen molar-refractivity contribution in [2.45, 2.75) is 0 Å². The van der Waals surface area contributed by atoms with E-state index in [9.17, 15) is 4.79 Å². The summed E-state index contributed by atoms with van der Waals surface area (Å²) in [5.74, 6) is -0.124. The van der Waals surface area contributed by atoms with Gasteiger partial charge in [0.05, 0.1) is 10.6 Å². The quantitative estimate of drug-likeness (QED) is 0.590. The standard InChI is InChI=1S/C17H13ClN2OS2/c1-19(14-5-3-2-4-6-14)20-16(21)15(23-17(20)22)11-12-7-9-13(18)10-8-12/h2-11H,1H3. The fourth-order valence-corrected chi connectivity index (χ4v) is 3.64. The van der Waals surface area contributed by atoms with Gasteiger partial charge in [0, 0.05) is 12.1 Å². The van der Waals surface area contributed by atoms with Crippen molar-refractivity contribution in [3.05, 3.63) is 70.1 Å². The molecule has 1 saturated heterocycles. The number of rotatable bonds is 3. The summed E-state index contributed by atoms with van der Waals surface area (Å²) >= 11 is 12.6. The first-order chi connectivity index (χ1) is 11.1. The normalized spacial score (nSPS) is 16.3. The Hall–Kier alpha value is -1.82. The molecular weight excluding hydrogens is 348 g/mol. The summed E-state index contributed by atoms with van der Waals surface area (Å²) in [6, 6.07) is 17.0. The average molecular weight is 361 g/mol. The van der Waals surface area contributed by atoms with Gasteiger partial charge in [-0.2, -0.15) is 5.01 Å². The van der Waals surface area contributed by atoms with Gasteiger partial charge in [-0.3, -0.25) is 9.80 Å². The lowest BCUT2D eigenvalue weighted by Crippen LogP contribution is -2.42. The van der Waals surface area contributed by atoms with E-state index < -0.39 is 0 Å². The number of halogens is 1. The zero-order chi connectivity index (χ0) is 16.4. The van der Waals surface area contributed by atoms with Crippen LogP contribution < -0.4 is 5.01 Å². The summed E-state index contributed by atoms with van der Waals surface area (Å²) < 4.78 is 0.515. The number of amides is 1. The monoisotopic (exact) mass is 360 g/mol. The SMILES string of the molecule is CN(c1ccccc1)N1C(=O)C(=Cc2ccc(Cl)cc2)SC1=S. The van der Waals surface area contributed by atoms with E-state index in [0.717, 1.165) is 11.3 Å². The summed E-state index contributed by atoms with van der Waals surface area (Å²) in [7, 11) is 1.82. The van der Waals surface area contributed by atoms with E-state index in [0.29, 0.717) is 14.2 Å². The van der Waals surface area contributed by atoms with Crippen molar-refractivity contribution < 1.29 is 4.79 Å². The maximum absolute atomic E-state index is 12.7. The maximum Gasteiger partial charge on any atom is 0.285 e. The summed E-state index contributed by atoms with van der Waals surface area (Å²) in [5, 5.41) is 3.94. The first-order valence-electron chi connectivity index (χ1n) is 6.88. The number of thioether (sulfide) groups is 1. The van der Waals surface area contributed by atoms with Crippen LogP contribution in [0.2, 0.25) is 5.02 Å². The second-order valence-corrected chi connectivity index (χ2v) is 7.02. The average Bonchev–Trinajstić information content (AvgIpc) is 2.84. The van der Waals surface area contributed by atoms with Crippen molar-refractivity contribution in [3.63, 3.8) is 0 Å². The predicted octanol–water partition coefficient (Wildman–Crippen LogP) is 4.59. The van der Waals surface area contributed by atoms with Crippen molar-refractivity contribution in [1.29, 1.82) is 0 Å². The van der Waals surface area contributed by atoms with E-state index in [1.54, 1.807) is 17.1 Å². The maximum atomic E-state index is 12.7. The first kappa shape index (κ1) is 16.1. The molecule has 2 aromatic carbocycles. The van der Waals surface area contributed by atoms with Gasteiger partial charge in [-0.1, -0.05) is 53.7 Å². The van der Waals surface area contributed by atoms with Gasteiger partial charge in [0.15, 0.2) is 4.32 Å². The van der Waals surface area contributed by atoms with Crippen LogP contribution >= 0.6 is 35.6 Å². The number of carbonyl (C=O) groups is 1. The van der Waals surface area contributed by atoms with Crippen molar-refractivity contribution in [2.75, 3.05) is 12.1 Å². The molecular formula is C17H13ClN2OS2. The van der Waals surface area contributed by atoms with Gasteiger partial charge >= 0.3 is 0 Å². The topological polar surface area (TPSA) is 23.6 Å². The van der Waals surface area contributed by atoms with Gasteiger partial charge in [0.1, 0.15) is 0 Å². The molecule has 116 valence electrons. The molecule has 3 rings (SSSR count). The molecule has 1 amide bonds. The van der Waals surface area contributed by atoms with Crippen LogP contribution in [0.15, 0.2) is 59.5 Å². The van der Waals surface area contributed by atoms with Crippen LogP contribution in [0.25, 0.3) is 6.08 Å². The molecule has 0 unspecified atom stereocenters. The lowest BCUT2D eigenvalue weighted by molar-refractivity contribution is -0.122. The fourth-order valence-electron chi connectivity index (χ4n) is 2.19. The third-order valence-corrected chi connectivity index (χ3v) is 4.91. The molecule has 1 heterocycles. The molecule has 0 aliphatic carbocycles. The summed E-state index contributed by atoms with van der Waals surface area (Å²) in [6.07, 6.45) is 1.83. The molecule has 1 fully saturated rings. The molecule has 3 nitrogen and oxygen atoms in total. The molecule has 0 radical (unpaired) electrons. The van der Waals surface area contributed by atoms with Gasteiger partial charge < -0.3 is 0 Å². The van der Waals surface area contributed by atoms with Gasteiger partial charge in [-0.15, -0.1) is 0 Å². The highest BCUT2D eigenvalue weighted by atomic mass is 35.5. The first-order valence-corrected chi connectivity index (χ1v) is 8.49. The van der Waals surface area contributed by atoms with Crippen LogP contribution in [-0.2, 0) is 4.79 Å². The third kappa shape index (κ3) is 3.42. The molecule has 0 spiro atoms. The van der Waals surface area contributed by atoms with E-state index >= 15 is 0 Å². The van der Waals surface area contributed by atoms with E-state index in [-0.39, 0.29) is 5.91 Å². The second kappa shape index (κ2) is 6.74. The Morgan fingerprint density at radius 2 is 1.78 bits per heavy atom. The number of benzene rings is 2. The Bertz CT molecular complexity index is 775. The Kier molecular flexibility index (Phi) is 4.71. The third-order valence-electron chi connectivity index (χ3n) is 3.37. The van der Waals surface area contributed by atoms with E-state index in [4.69, 9.17) is 23.8 Å². The molecule has 0 N–H and O–H groups in total. The van der Waals surface area contributed by atoms with E-state index in [1.165, 1.54) is 16.8 Å². The molecule has 6 heteroatoms. The van der Waals surface area contributed by atoms with Crippen LogP contribution in [0.5, 0.6) is 0 Å². The number of anilines is 1. The number of thiocarbonyl (C=S) groups is 1. The number of nitrogens with zero attached hydrogens (tertiary/aromatic N) is 2. The van der Waals surface area contributed by atoms with E-state index in [1.807, 2.05) is 55.6 Å². The number of para-hydroxylation sites is 1. The minimum atomic E-state index is -0.124. The van der Waals surface area contributed by atoms with Crippen molar-refractivity contribution in [1.82, 2.24) is 5.01 Å². The summed E-state index contributed by atoms with van der Waals surface area (Å²) in [6.45, 7) is 0. The highest BCUT2D eigenvalue weighted by Crippen LogP contribution is 2.34. The summed E-state index contributed by atoms with van der Waals surface area (Å²) in [5.41, 5.74) is 1.81. The second-order valence-electron chi connectivity index (χ2n) is 4.90. The highest BCUT2D eigenvalue weighted by Gasteiger charge is 2.35. The van der Waals surface area contributed by atoms with Crippen molar-refractivity contribution in [3.8, 4) is 0 Å². The number of hydrogen-bond donors (Lipinski definition) is 0. The Balaban J connectivity index is 1.86. The summed E-state index contributed by atoms with van der Waals surface area (Å²) in [4.78, 5) is 13.3. The van der Waals surface area contributed by atoms with E-state index in [2.05, 4.69) is 0 Å². The molecule has 2 aromatic rings. The Morgan fingerprint density at radius 3 is 2.43 bits per heavy atom. The molecule has 0 bridgehead atoms. The van der Waals surface area contributed by atoms with Gasteiger partial charge in [-0.25, -0.2) is 0 Å². The minimum Gasteiger partial charge on any atom is -0.280 e. The zero-order valence-electron chi connectivity index (χ0n) is 12.3. The number of carbonyl (C=O) groups excluding carboxylic acids is 1. The Morgan fingerprint density at radius 1 is 1.13 bits per heavy atom. The zero-order valence-corrected chi connectivity index (χ0v) is 14.7. The van der Waals surface area contributed by atoms with Gasteiger partial charge in [-0.05, 0) is 48.1 Å². The smallest absolute Gasteiger partial charge is 0.280 e. The van der Waals surface area contributed by atoms with Crippen LogP contribution in [0.1, 0.15) is 5.56 Å². The van der Waals surface area contributed by atoms with Crippen molar-refractivity contribution in [2.24, 2.45) is 0 Å². The highest BCUT2D eigenvalue weighted by molar-refractivity contribution is 8.26. The number of hydrazine groups is 1. The van der Waals surface area contributed by atoms with Gasteiger partial charge in [0.2, 0.25) is 0 Å². The minimum absolute atomic E-state index is 0.124. The molecule has 1 aliphatic rings. The molecule has 1 aliphatic heterocycles. The molecule has 0 aromatic heterocycles. The van der Waals surface area contributed by atoms with Crippen LogP contribution in [0.4, 0.5) is 5.69 Å². The predicted molar refractivity (Wildman–Crippen MR) is 101 cm³/mol. The Labute approximate surface area is 149 Å².